The minimum Gasteiger partial charge on any atom is -0.326 e. The number of nitrogens with one attached hydrogen (secondary N) is 2. The summed E-state index contributed by atoms with van der Waals surface area (Å²) in [5.74, 6) is 2.26. The summed E-state index contributed by atoms with van der Waals surface area (Å²) in [4.78, 5) is 22.1. The number of nitrogens with two attached hydrogens (primary N) is 1. The lowest BCUT2D eigenvalue weighted by Gasteiger charge is -2.09. The van der Waals surface area contributed by atoms with Gasteiger partial charge in [-0.3, -0.25) is 0 Å². The number of benzene rings is 1. The number of hydrogen-bond donors (Lipinski definition) is 3. The monoisotopic (exact) mass is 384 g/mol. The minimum absolute atomic E-state index is 0.477. The third-order valence-electron chi connectivity index (χ3n) is 4.13. The Kier molecular flexibility index (Phi) is 5.35. The van der Waals surface area contributed by atoms with Crippen LogP contribution in [0.1, 0.15) is 11.3 Å². The van der Waals surface area contributed by atoms with E-state index in [0.29, 0.717) is 30.0 Å². The highest BCUT2D eigenvalue weighted by Crippen LogP contribution is 2.19. The molecule has 0 saturated heterocycles. The fraction of sp³-hybridized carbons (Fsp3) is 0.0952. The van der Waals surface area contributed by atoms with Crippen LogP contribution in [0.15, 0.2) is 67.0 Å². The molecule has 144 valence electrons. The van der Waals surface area contributed by atoms with E-state index in [1.54, 1.807) is 24.5 Å². The molecule has 3 aromatic heterocycles. The maximum absolute atomic E-state index is 5.63. The molecule has 4 N–H and O–H groups in total. The first-order chi connectivity index (χ1) is 14.2. The molecule has 4 aromatic rings. The van der Waals surface area contributed by atoms with Crippen molar-refractivity contribution in [3.63, 3.8) is 0 Å². The molecule has 0 aliphatic heterocycles. The van der Waals surface area contributed by atoms with Crippen LogP contribution in [0.5, 0.6) is 0 Å². The van der Waals surface area contributed by atoms with E-state index >= 15 is 0 Å². The molecule has 1 aromatic carbocycles. The molecule has 0 fully saturated rings. The summed E-state index contributed by atoms with van der Waals surface area (Å²) in [5, 5.41) is 6.37. The Labute approximate surface area is 168 Å². The van der Waals surface area contributed by atoms with Crippen LogP contribution >= 0.6 is 0 Å². The number of aryl methyl sites for hydroxylation is 1. The second kappa shape index (κ2) is 8.41. The van der Waals surface area contributed by atoms with Crippen LogP contribution in [-0.4, -0.2) is 24.9 Å². The standard InChI is InChI=1S/C21H20N8/c1-14-3-2-4-17(25-14)20-23-11-9-18(28-20)27-19-10-12-24-21(29-19)26-16-7-5-15(13-22)6-8-16/h2-12H,13,22H2,1H3,(H2,23,24,26,27,28,29). The van der Waals surface area contributed by atoms with Crippen molar-refractivity contribution >= 4 is 23.3 Å². The second-order valence-corrected chi connectivity index (χ2v) is 6.35. The van der Waals surface area contributed by atoms with Crippen molar-refractivity contribution in [3.05, 3.63) is 78.2 Å². The van der Waals surface area contributed by atoms with Crippen molar-refractivity contribution in [1.82, 2.24) is 24.9 Å². The zero-order valence-corrected chi connectivity index (χ0v) is 15.9. The molecular weight excluding hydrogens is 364 g/mol. The largest absolute Gasteiger partial charge is 0.326 e. The third kappa shape index (κ3) is 4.69. The van der Waals surface area contributed by atoms with E-state index in [0.717, 1.165) is 22.6 Å². The maximum Gasteiger partial charge on any atom is 0.229 e. The van der Waals surface area contributed by atoms with Gasteiger partial charge in [0.25, 0.3) is 0 Å². The van der Waals surface area contributed by atoms with Gasteiger partial charge in [-0.25, -0.2) is 19.9 Å². The maximum atomic E-state index is 5.63. The van der Waals surface area contributed by atoms with Crippen LogP contribution in [0.3, 0.4) is 0 Å². The first kappa shape index (κ1) is 18.5. The minimum atomic E-state index is 0.477. The summed E-state index contributed by atoms with van der Waals surface area (Å²) in [7, 11) is 0. The Morgan fingerprint density at radius 1 is 0.793 bits per heavy atom. The first-order valence-corrected chi connectivity index (χ1v) is 9.13. The third-order valence-corrected chi connectivity index (χ3v) is 4.13. The van der Waals surface area contributed by atoms with E-state index < -0.39 is 0 Å². The normalized spacial score (nSPS) is 10.6. The molecule has 0 aliphatic carbocycles. The Bertz CT molecular complexity index is 1110. The molecule has 8 nitrogen and oxygen atoms in total. The van der Waals surface area contributed by atoms with Crippen molar-refractivity contribution in [2.45, 2.75) is 13.5 Å². The average molecular weight is 384 g/mol. The summed E-state index contributed by atoms with van der Waals surface area (Å²) in [6, 6.07) is 17.1. The Morgan fingerprint density at radius 3 is 2.31 bits per heavy atom. The lowest BCUT2D eigenvalue weighted by Crippen LogP contribution is -2.03. The Hall–Kier alpha value is -3.91. The van der Waals surface area contributed by atoms with Gasteiger partial charge in [-0.05, 0) is 48.9 Å². The van der Waals surface area contributed by atoms with Crippen molar-refractivity contribution in [1.29, 1.82) is 0 Å². The predicted octanol–water partition coefficient (Wildman–Crippen LogP) is 3.58. The molecule has 0 bridgehead atoms. The van der Waals surface area contributed by atoms with E-state index in [2.05, 4.69) is 35.6 Å². The van der Waals surface area contributed by atoms with Gasteiger partial charge in [0.05, 0.1) is 0 Å². The summed E-state index contributed by atoms with van der Waals surface area (Å²) in [5.41, 5.74) is 9.22. The lowest BCUT2D eigenvalue weighted by atomic mass is 10.2. The van der Waals surface area contributed by atoms with Crippen molar-refractivity contribution in [2.75, 3.05) is 10.6 Å². The topological polar surface area (TPSA) is 115 Å². The highest BCUT2D eigenvalue weighted by Gasteiger charge is 2.06. The van der Waals surface area contributed by atoms with Crippen molar-refractivity contribution in [3.8, 4) is 11.5 Å². The lowest BCUT2D eigenvalue weighted by molar-refractivity contribution is 1.07. The van der Waals surface area contributed by atoms with E-state index in [1.807, 2.05) is 49.4 Å². The number of rotatable bonds is 6. The highest BCUT2D eigenvalue weighted by molar-refractivity contribution is 5.59. The zero-order valence-electron chi connectivity index (χ0n) is 15.9. The fourth-order valence-electron chi connectivity index (χ4n) is 2.69. The quantitative estimate of drug-likeness (QED) is 0.462. The van der Waals surface area contributed by atoms with Gasteiger partial charge in [0.2, 0.25) is 5.95 Å². The van der Waals surface area contributed by atoms with Crippen LogP contribution < -0.4 is 16.4 Å². The summed E-state index contributed by atoms with van der Waals surface area (Å²) in [6.45, 7) is 2.44. The summed E-state index contributed by atoms with van der Waals surface area (Å²) in [6.07, 6.45) is 3.37. The van der Waals surface area contributed by atoms with E-state index in [-0.39, 0.29) is 0 Å². The zero-order chi connectivity index (χ0) is 20.1. The molecule has 0 spiro atoms. The first-order valence-electron chi connectivity index (χ1n) is 9.13. The van der Waals surface area contributed by atoms with Gasteiger partial charge in [-0.15, -0.1) is 0 Å². The number of pyridine rings is 1. The smallest absolute Gasteiger partial charge is 0.229 e. The van der Waals surface area contributed by atoms with Gasteiger partial charge in [0.1, 0.15) is 17.3 Å². The summed E-state index contributed by atoms with van der Waals surface area (Å²) < 4.78 is 0. The van der Waals surface area contributed by atoms with Crippen LogP contribution in [-0.2, 0) is 6.54 Å². The molecule has 29 heavy (non-hydrogen) atoms. The molecule has 3 heterocycles. The van der Waals surface area contributed by atoms with Crippen LogP contribution in [0.25, 0.3) is 11.5 Å². The second-order valence-electron chi connectivity index (χ2n) is 6.35. The van der Waals surface area contributed by atoms with Crippen LogP contribution in [0.4, 0.5) is 23.3 Å². The average Bonchev–Trinajstić information content (AvgIpc) is 2.75. The molecule has 0 aliphatic rings. The Morgan fingerprint density at radius 2 is 1.55 bits per heavy atom. The van der Waals surface area contributed by atoms with Crippen LogP contribution in [0, 0.1) is 6.92 Å². The number of nitrogens with zero attached hydrogens (tertiary/aromatic N) is 5. The number of anilines is 4. The van der Waals surface area contributed by atoms with Gasteiger partial charge in [-0.1, -0.05) is 18.2 Å². The number of hydrogen-bond acceptors (Lipinski definition) is 8. The van der Waals surface area contributed by atoms with Gasteiger partial charge in [0.15, 0.2) is 5.82 Å². The molecule has 0 atom stereocenters. The molecule has 0 saturated carbocycles. The van der Waals surface area contributed by atoms with Gasteiger partial charge >= 0.3 is 0 Å². The van der Waals surface area contributed by atoms with E-state index in [1.165, 1.54) is 0 Å². The highest BCUT2D eigenvalue weighted by atomic mass is 15.2. The molecule has 0 amide bonds. The summed E-state index contributed by atoms with van der Waals surface area (Å²) >= 11 is 0. The van der Waals surface area contributed by atoms with Gasteiger partial charge < -0.3 is 16.4 Å². The Balaban J connectivity index is 1.51. The predicted molar refractivity (Wildman–Crippen MR) is 113 cm³/mol. The molecule has 8 heteroatoms. The van der Waals surface area contributed by atoms with E-state index in [4.69, 9.17) is 5.73 Å². The number of aromatic nitrogens is 5. The van der Waals surface area contributed by atoms with Crippen molar-refractivity contribution in [2.24, 2.45) is 5.73 Å². The van der Waals surface area contributed by atoms with E-state index in [9.17, 15) is 0 Å². The van der Waals surface area contributed by atoms with Gasteiger partial charge in [-0.2, -0.15) is 4.98 Å². The molecule has 0 radical (unpaired) electrons. The molecule has 4 rings (SSSR count). The van der Waals surface area contributed by atoms with Crippen molar-refractivity contribution < 1.29 is 0 Å². The molecular formula is C21H20N8. The SMILES string of the molecule is Cc1cccc(-c2nccc(Nc3ccnc(Nc4ccc(CN)cc4)n3)n2)n1. The van der Waals surface area contributed by atoms with Gasteiger partial charge in [0, 0.05) is 30.3 Å². The fourth-order valence-corrected chi connectivity index (χ4v) is 2.69. The molecule has 0 unspecified atom stereocenters. The van der Waals surface area contributed by atoms with Crippen LogP contribution in [0.2, 0.25) is 0 Å².